The summed E-state index contributed by atoms with van der Waals surface area (Å²) >= 11 is 0. The molecule has 0 heterocycles. The van der Waals surface area contributed by atoms with Crippen molar-refractivity contribution in [3.05, 3.63) is 41.0 Å². The molecule has 0 amide bonds. The van der Waals surface area contributed by atoms with Gasteiger partial charge in [-0.3, -0.25) is 0 Å². The molecule has 0 atom stereocenters. The first-order valence-corrected chi connectivity index (χ1v) is 7.44. The minimum Gasteiger partial charge on any atom is -0.496 e. The zero-order valence-corrected chi connectivity index (χ0v) is 13.4. The predicted octanol–water partition coefficient (Wildman–Crippen LogP) is 4.20. The van der Waals surface area contributed by atoms with Gasteiger partial charge in [-0.25, -0.2) is 4.79 Å². The van der Waals surface area contributed by atoms with Crippen LogP contribution in [0, 0.1) is 13.8 Å². The third-order valence-electron chi connectivity index (χ3n) is 4.24. The highest BCUT2D eigenvalue weighted by Crippen LogP contribution is 2.44. The topological polar surface area (TPSA) is 35.5 Å². The summed E-state index contributed by atoms with van der Waals surface area (Å²) in [5, 5.41) is 0. The molecule has 1 saturated carbocycles. The van der Waals surface area contributed by atoms with Crippen molar-refractivity contribution in [2.75, 3.05) is 7.11 Å². The quantitative estimate of drug-likeness (QED) is 0.615. The van der Waals surface area contributed by atoms with E-state index in [4.69, 9.17) is 9.47 Å². The number of carbonyl (C=O) groups excluding carboxylic acids is 1. The van der Waals surface area contributed by atoms with Crippen LogP contribution >= 0.6 is 0 Å². The van der Waals surface area contributed by atoms with Crippen LogP contribution < -0.4 is 4.74 Å². The van der Waals surface area contributed by atoms with Crippen LogP contribution in [0.3, 0.4) is 0 Å². The van der Waals surface area contributed by atoms with Crippen LogP contribution in [-0.2, 0) is 15.1 Å². The van der Waals surface area contributed by atoms with E-state index < -0.39 is 5.60 Å². The lowest BCUT2D eigenvalue weighted by Crippen LogP contribution is -2.30. The monoisotopic (exact) mass is 288 g/mol. The second-order valence-corrected chi connectivity index (χ2v) is 6.01. The van der Waals surface area contributed by atoms with Crippen molar-refractivity contribution in [2.45, 2.75) is 52.1 Å². The molecule has 3 nitrogen and oxygen atoms in total. The number of benzene rings is 1. The van der Waals surface area contributed by atoms with Gasteiger partial charge in [-0.05, 0) is 75.3 Å². The fraction of sp³-hybridized carbons (Fsp3) is 0.500. The molecule has 1 fully saturated rings. The van der Waals surface area contributed by atoms with Crippen LogP contribution in [0.15, 0.2) is 24.3 Å². The third kappa shape index (κ3) is 2.97. The van der Waals surface area contributed by atoms with Crippen molar-refractivity contribution in [1.82, 2.24) is 0 Å². The average Bonchev–Trinajstić information content (AvgIpc) is 2.88. The van der Waals surface area contributed by atoms with Crippen molar-refractivity contribution in [3.8, 4) is 5.75 Å². The maximum Gasteiger partial charge on any atom is 0.333 e. The Hall–Kier alpha value is -1.77. The number of carbonyl (C=O) groups is 1. The molecule has 0 radical (unpaired) electrons. The summed E-state index contributed by atoms with van der Waals surface area (Å²) in [5.41, 5.74) is 3.17. The molecule has 0 saturated heterocycles. The lowest BCUT2D eigenvalue weighted by atomic mass is 9.89. The van der Waals surface area contributed by atoms with Gasteiger partial charge in [0.15, 0.2) is 0 Å². The number of methoxy groups -OCH3 is 1. The molecule has 2 rings (SSSR count). The van der Waals surface area contributed by atoms with Gasteiger partial charge < -0.3 is 9.47 Å². The standard InChI is InChI=1S/C18H24O3/c1-12(2)17(19)21-18(8-6-7-9-18)15-10-13(3)16(20-5)14(4)11-15/h10-11H,1,6-9H2,2-5H3. The van der Waals surface area contributed by atoms with E-state index >= 15 is 0 Å². The molecule has 1 aliphatic rings. The molecule has 1 aromatic carbocycles. The molecule has 0 aliphatic heterocycles. The van der Waals surface area contributed by atoms with Gasteiger partial charge in [0.05, 0.1) is 7.11 Å². The summed E-state index contributed by atoms with van der Waals surface area (Å²) in [4.78, 5) is 12.0. The first-order chi connectivity index (χ1) is 9.89. The molecule has 3 heteroatoms. The van der Waals surface area contributed by atoms with Crippen LogP contribution in [0.25, 0.3) is 0 Å². The van der Waals surface area contributed by atoms with Crippen LogP contribution in [0.4, 0.5) is 0 Å². The summed E-state index contributed by atoms with van der Waals surface area (Å²) in [7, 11) is 1.68. The summed E-state index contributed by atoms with van der Waals surface area (Å²) in [6, 6.07) is 4.17. The summed E-state index contributed by atoms with van der Waals surface area (Å²) in [6.07, 6.45) is 3.90. The Kier molecular flexibility index (Phi) is 4.40. The van der Waals surface area contributed by atoms with Gasteiger partial charge in [-0.1, -0.05) is 6.58 Å². The Morgan fingerprint density at radius 2 is 1.71 bits per heavy atom. The highest BCUT2D eigenvalue weighted by atomic mass is 16.6. The van der Waals surface area contributed by atoms with Crippen molar-refractivity contribution in [2.24, 2.45) is 0 Å². The molecular formula is C18H24O3. The lowest BCUT2D eigenvalue weighted by Gasteiger charge is -2.31. The van der Waals surface area contributed by atoms with E-state index in [0.29, 0.717) is 5.57 Å². The Balaban J connectivity index is 2.43. The highest BCUT2D eigenvalue weighted by Gasteiger charge is 2.40. The molecule has 0 bridgehead atoms. The van der Waals surface area contributed by atoms with E-state index in [-0.39, 0.29) is 5.97 Å². The van der Waals surface area contributed by atoms with E-state index in [0.717, 1.165) is 48.1 Å². The second kappa shape index (κ2) is 5.92. The molecule has 1 aromatic rings. The Labute approximate surface area is 127 Å². The van der Waals surface area contributed by atoms with Gasteiger partial charge in [-0.15, -0.1) is 0 Å². The molecule has 0 spiro atoms. The van der Waals surface area contributed by atoms with Crippen molar-refractivity contribution < 1.29 is 14.3 Å². The first-order valence-electron chi connectivity index (χ1n) is 7.44. The Bertz CT molecular complexity index is 543. The van der Waals surface area contributed by atoms with Gasteiger partial charge in [0.1, 0.15) is 11.4 Å². The highest BCUT2D eigenvalue weighted by molar-refractivity contribution is 5.87. The number of hydrogen-bond acceptors (Lipinski definition) is 3. The van der Waals surface area contributed by atoms with E-state index in [9.17, 15) is 4.79 Å². The maximum absolute atomic E-state index is 12.0. The lowest BCUT2D eigenvalue weighted by molar-refractivity contribution is -0.155. The molecule has 0 N–H and O–H groups in total. The third-order valence-corrected chi connectivity index (χ3v) is 4.24. The fourth-order valence-electron chi connectivity index (χ4n) is 3.20. The van der Waals surface area contributed by atoms with Crippen LogP contribution in [0.1, 0.15) is 49.3 Å². The summed E-state index contributed by atoms with van der Waals surface area (Å²) in [5.74, 6) is 0.598. The van der Waals surface area contributed by atoms with Crippen molar-refractivity contribution >= 4 is 5.97 Å². The zero-order chi connectivity index (χ0) is 15.6. The Morgan fingerprint density at radius 1 is 1.19 bits per heavy atom. The van der Waals surface area contributed by atoms with Gasteiger partial charge >= 0.3 is 5.97 Å². The first kappa shape index (κ1) is 15.6. The summed E-state index contributed by atoms with van der Waals surface area (Å²) < 4.78 is 11.3. The molecular weight excluding hydrogens is 264 g/mol. The smallest absolute Gasteiger partial charge is 0.333 e. The zero-order valence-electron chi connectivity index (χ0n) is 13.4. The van der Waals surface area contributed by atoms with Crippen LogP contribution in [0.5, 0.6) is 5.75 Å². The number of hydrogen-bond donors (Lipinski definition) is 0. The van der Waals surface area contributed by atoms with Gasteiger partial charge in [0.25, 0.3) is 0 Å². The number of aryl methyl sites for hydroxylation is 2. The maximum atomic E-state index is 12.0. The molecule has 21 heavy (non-hydrogen) atoms. The average molecular weight is 288 g/mol. The SMILES string of the molecule is C=C(C)C(=O)OC1(c2cc(C)c(OC)c(C)c2)CCCC1. The van der Waals surface area contributed by atoms with Crippen molar-refractivity contribution in [3.63, 3.8) is 0 Å². The largest absolute Gasteiger partial charge is 0.496 e. The number of ether oxygens (including phenoxy) is 2. The van der Waals surface area contributed by atoms with E-state index in [1.807, 2.05) is 13.8 Å². The van der Waals surface area contributed by atoms with E-state index in [1.54, 1.807) is 14.0 Å². The van der Waals surface area contributed by atoms with Gasteiger partial charge in [0.2, 0.25) is 0 Å². The van der Waals surface area contributed by atoms with Gasteiger partial charge in [0, 0.05) is 5.57 Å². The molecule has 0 aromatic heterocycles. The van der Waals surface area contributed by atoms with Crippen LogP contribution in [0.2, 0.25) is 0 Å². The van der Waals surface area contributed by atoms with E-state index in [1.165, 1.54) is 0 Å². The minimum atomic E-state index is -0.502. The number of rotatable bonds is 4. The van der Waals surface area contributed by atoms with Crippen LogP contribution in [-0.4, -0.2) is 13.1 Å². The molecule has 114 valence electrons. The Morgan fingerprint density at radius 3 is 2.14 bits per heavy atom. The normalized spacial score (nSPS) is 16.6. The minimum absolute atomic E-state index is 0.303. The van der Waals surface area contributed by atoms with Gasteiger partial charge in [-0.2, -0.15) is 0 Å². The predicted molar refractivity (Wildman–Crippen MR) is 83.5 cm³/mol. The fourth-order valence-corrected chi connectivity index (χ4v) is 3.20. The second-order valence-electron chi connectivity index (χ2n) is 6.01. The van der Waals surface area contributed by atoms with Crippen molar-refractivity contribution in [1.29, 1.82) is 0 Å². The number of esters is 1. The molecule has 1 aliphatic carbocycles. The summed E-state index contributed by atoms with van der Waals surface area (Å²) in [6.45, 7) is 9.43. The molecule has 0 unspecified atom stereocenters. The van der Waals surface area contributed by atoms with E-state index in [2.05, 4.69) is 18.7 Å².